The van der Waals surface area contributed by atoms with E-state index in [9.17, 15) is 4.79 Å². The van der Waals surface area contributed by atoms with Gasteiger partial charge >= 0.3 is 5.97 Å². The summed E-state index contributed by atoms with van der Waals surface area (Å²) in [7, 11) is 1.44. The highest BCUT2D eigenvalue weighted by molar-refractivity contribution is 5.72. The van der Waals surface area contributed by atoms with Crippen LogP contribution >= 0.6 is 0 Å². The van der Waals surface area contributed by atoms with Crippen LogP contribution in [0.1, 0.15) is 25.7 Å². The number of aromatic nitrogens is 2. The molecule has 0 aromatic carbocycles. The summed E-state index contributed by atoms with van der Waals surface area (Å²) in [5.74, 6) is 0.531. The van der Waals surface area contributed by atoms with Crippen molar-refractivity contribution < 1.29 is 9.53 Å². The molecule has 5 nitrogen and oxygen atoms in total. The number of methoxy groups -OCH3 is 1. The van der Waals surface area contributed by atoms with Gasteiger partial charge in [-0.3, -0.25) is 4.79 Å². The van der Waals surface area contributed by atoms with Gasteiger partial charge in [0.25, 0.3) is 0 Å². The number of hydrogen-bond acceptors (Lipinski definition) is 5. The first-order valence-electron chi connectivity index (χ1n) is 5.91. The maximum atomic E-state index is 11.5. The molecule has 0 saturated heterocycles. The highest BCUT2D eigenvalue weighted by Gasteiger charge is 2.28. The van der Waals surface area contributed by atoms with Crippen molar-refractivity contribution in [1.29, 1.82) is 0 Å². The molecular weight excluding hydrogens is 218 g/mol. The Morgan fingerprint density at radius 1 is 1.41 bits per heavy atom. The molecule has 2 rings (SSSR count). The lowest BCUT2D eigenvalue weighted by molar-refractivity contribution is -0.146. The van der Waals surface area contributed by atoms with E-state index in [0.29, 0.717) is 5.95 Å². The van der Waals surface area contributed by atoms with Crippen LogP contribution in [0, 0.1) is 5.92 Å². The summed E-state index contributed by atoms with van der Waals surface area (Å²) in [5.41, 5.74) is 0. The van der Waals surface area contributed by atoms with E-state index in [1.165, 1.54) is 7.11 Å². The Balaban J connectivity index is 1.92. The molecule has 17 heavy (non-hydrogen) atoms. The number of nitrogens with zero attached hydrogens (tertiary/aromatic N) is 2. The monoisotopic (exact) mass is 235 g/mol. The predicted molar refractivity (Wildman–Crippen MR) is 63.4 cm³/mol. The molecule has 1 fully saturated rings. The van der Waals surface area contributed by atoms with Crippen molar-refractivity contribution in [2.45, 2.75) is 31.7 Å². The average Bonchev–Trinajstić information content (AvgIpc) is 2.39. The largest absolute Gasteiger partial charge is 0.469 e. The van der Waals surface area contributed by atoms with Gasteiger partial charge in [0.05, 0.1) is 13.0 Å². The van der Waals surface area contributed by atoms with E-state index in [1.54, 1.807) is 18.5 Å². The maximum absolute atomic E-state index is 11.5. The topological polar surface area (TPSA) is 64.1 Å². The van der Waals surface area contributed by atoms with E-state index in [1.807, 2.05) is 0 Å². The molecule has 1 aromatic heterocycles. The molecule has 5 heteroatoms. The van der Waals surface area contributed by atoms with Gasteiger partial charge in [-0.05, 0) is 25.3 Å². The van der Waals surface area contributed by atoms with Crippen LogP contribution in [0.3, 0.4) is 0 Å². The fraction of sp³-hybridized carbons (Fsp3) is 0.583. The zero-order chi connectivity index (χ0) is 12.1. The molecule has 92 valence electrons. The minimum Gasteiger partial charge on any atom is -0.469 e. The molecular formula is C12H17N3O2. The Morgan fingerprint density at radius 2 is 2.18 bits per heavy atom. The van der Waals surface area contributed by atoms with Gasteiger partial charge in [0, 0.05) is 18.4 Å². The van der Waals surface area contributed by atoms with Crippen LogP contribution in [-0.2, 0) is 9.53 Å². The van der Waals surface area contributed by atoms with Gasteiger partial charge in [-0.15, -0.1) is 0 Å². The Bertz CT molecular complexity index is 369. The molecule has 0 amide bonds. The van der Waals surface area contributed by atoms with Crippen molar-refractivity contribution in [3.8, 4) is 0 Å². The first-order valence-corrected chi connectivity index (χ1v) is 5.91. The van der Waals surface area contributed by atoms with E-state index < -0.39 is 0 Å². The standard InChI is InChI=1S/C12H17N3O2/c1-17-11(16)9-4-2-5-10(8-9)15-12-13-6-3-7-14-12/h3,6-7,9-10H,2,4-5,8H2,1H3,(H,13,14,15)/t9-,10+/m1/s1. The lowest BCUT2D eigenvalue weighted by Crippen LogP contribution is -2.32. The Labute approximate surface area is 101 Å². The SMILES string of the molecule is COC(=O)[C@@H]1CCC[C@H](Nc2ncccn2)C1. The summed E-state index contributed by atoms with van der Waals surface area (Å²) >= 11 is 0. The normalized spacial score (nSPS) is 24.1. The molecule has 1 N–H and O–H groups in total. The zero-order valence-corrected chi connectivity index (χ0v) is 9.93. The summed E-state index contributed by atoms with van der Waals surface area (Å²) in [4.78, 5) is 19.7. The summed E-state index contributed by atoms with van der Waals surface area (Å²) in [6.45, 7) is 0. The van der Waals surface area contributed by atoms with Gasteiger partial charge in [-0.2, -0.15) is 0 Å². The Hall–Kier alpha value is -1.65. The van der Waals surface area contributed by atoms with E-state index in [0.717, 1.165) is 25.7 Å². The van der Waals surface area contributed by atoms with Gasteiger partial charge in [0.2, 0.25) is 5.95 Å². The van der Waals surface area contributed by atoms with Crippen LogP contribution in [0.15, 0.2) is 18.5 Å². The third-order valence-corrected chi connectivity index (χ3v) is 3.11. The van der Waals surface area contributed by atoms with Gasteiger partial charge < -0.3 is 10.1 Å². The lowest BCUT2D eigenvalue weighted by Gasteiger charge is -2.27. The second-order valence-electron chi connectivity index (χ2n) is 4.30. The van der Waals surface area contributed by atoms with Crippen molar-refractivity contribution in [3.63, 3.8) is 0 Å². The zero-order valence-electron chi connectivity index (χ0n) is 9.93. The number of anilines is 1. The summed E-state index contributed by atoms with van der Waals surface area (Å²) < 4.78 is 4.79. The molecule has 1 heterocycles. The van der Waals surface area contributed by atoms with Crippen LogP contribution in [0.25, 0.3) is 0 Å². The minimum absolute atomic E-state index is 0.00922. The van der Waals surface area contributed by atoms with Gasteiger partial charge in [0.1, 0.15) is 0 Å². The van der Waals surface area contributed by atoms with Crippen molar-refractivity contribution in [3.05, 3.63) is 18.5 Å². The summed E-state index contributed by atoms with van der Waals surface area (Å²) in [6.07, 6.45) is 7.20. The first kappa shape index (κ1) is 11.8. The number of esters is 1. The van der Waals surface area contributed by atoms with Gasteiger partial charge in [0.15, 0.2) is 0 Å². The van der Waals surface area contributed by atoms with Crippen LogP contribution < -0.4 is 5.32 Å². The van der Waals surface area contributed by atoms with E-state index in [4.69, 9.17) is 4.74 Å². The smallest absolute Gasteiger partial charge is 0.308 e. The predicted octanol–water partition coefficient (Wildman–Crippen LogP) is 1.62. The minimum atomic E-state index is -0.106. The van der Waals surface area contributed by atoms with Crippen LogP contribution in [0.4, 0.5) is 5.95 Å². The number of carbonyl (C=O) groups is 1. The van der Waals surface area contributed by atoms with Crippen molar-refractivity contribution >= 4 is 11.9 Å². The van der Waals surface area contributed by atoms with E-state index in [2.05, 4.69) is 15.3 Å². The number of carbonyl (C=O) groups excluding carboxylic acids is 1. The molecule has 1 saturated carbocycles. The van der Waals surface area contributed by atoms with E-state index in [-0.39, 0.29) is 17.9 Å². The number of ether oxygens (including phenoxy) is 1. The van der Waals surface area contributed by atoms with Crippen molar-refractivity contribution in [2.24, 2.45) is 5.92 Å². The number of rotatable bonds is 3. The second kappa shape index (κ2) is 5.61. The number of hydrogen-bond donors (Lipinski definition) is 1. The molecule has 1 aliphatic rings. The Kier molecular flexibility index (Phi) is 3.90. The first-order chi connectivity index (χ1) is 8.29. The third kappa shape index (κ3) is 3.15. The molecule has 1 aliphatic carbocycles. The molecule has 0 unspecified atom stereocenters. The molecule has 0 spiro atoms. The third-order valence-electron chi connectivity index (χ3n) is 3.11. The van der Waals surface area contributed by atoms with Gasteiger partial charge in [-0.1, -0.05) is 6.42 Å². The maximum Gasteiger partial charge on any atom is 0.308 e. The lowest BCUT2D eigenvalue weighted by atomic mass is 9.86. The fourth-order valence-corrected chi connectivity index (χ4v) is 2.26. The summed E-state index contributed by atoms with van der Waals surface area (Å²) in [6, 6.07) is 2.04. The van der Waals surface area contributed by atoms with Crippen LogP contribution in [0.5, 0.6) is 0 Å². The second-order valence-corrected chi connectivity index (χ2v) is 4.30. The van der Waals surface area contributed by atoms with Crippen LogP contribution in [-0.4, -0.2) is 29.1 Å². The van der Waals surface area contributed by atoms with E-state index >= 15 is 0 Å². The van der Waals surface area contributed by atoms with Crippen molar-refractivity contribution in [1.82, 2.24) is 9.97 Å². The molecule has 0 bridgehead atoms. The molecule has 2 atom stereocenters. The van der Waals surface area contributed by atoms with Gasteiger partial charge in [-0.25, -0.2) is 9.97 Å². The quantitative estimate of drug-likeness (QED) is 0.806. The van der Waals surface area contributed by atoms with Crippen molar-refractivity contribution in [2.75, 3.05) is 12.4 Å². The molecule has 0 aliphatic heterocycles. The summed E-state index contributed by atoms with van der Waals surface area (Å²) in [5, 5.41) is 3.26. The number of nitrogens with one attached hydrogen (secondary N) is 1. The Morgan fingerprint density at radius 3 is 2.88 bits per heavy atom. The average molecular weight is 235 g/mol. The molecule has 0 radical (unpaired) electrons. The van der Waals surface area contributed by atoms with Crippen LogP contribution in [0.2, 0.25) is 0 Å². The molecule has 1 aromatic rings. The highest BCUT2D eigenvalue weighted by Crippen LogP contribution is 2.26. The highest BCUT2D eigenvalue weighted by atomic mass is 16.5. The fourth-order valence-electron chi connectivity index (χ4n) is 2.26.